The number of fused-ring (bicyclic) bond motifs is 1. The van der Waals surface area contributed by atoms with Gasteiger partial charge in [0.2, 0.25) is 0 Å². The number of hydrogen-bond acceptors (Lipinski definition) is 4. The molecular formula is C28H23F3N6O. The maximum atomic E-state index is 14.2. The first kappa shape index (κ1) is 23.9. The van der Waals surface area contributed by atoms with Crippen molar-refractivity contribution in [1.82, 2.24) is 29.9 Å². The minimum Gasteiger partial charge on any atom is -0.340 e. The van der Waals surface area contributed by atoms with Gasteiger partial charge in [0.15, 0.2) is 0 Å². The molecule has 1 amide bonds. The first-order valence-corrected chi connectivity index (χ1v) is 12.2. The number of amides is 1. The van der Waals surface area contributed by atoms with Crippen LogP contribution in [0.4, 0.5) is 13.2 Å². The Labute approximate surface area is 215 Å². The van der Waals surface area contributed by atoms with E-state index in [1.54, 1.807) is 17.3 Å². The van der Waals surface area contributed by atoms with Gasteiger partial charge in [-0.1, -0.05) is 36.4 Å². The highest BCUT2D eigenvalue weighted by molar-refractivity contribution is 5.99. The fourth-order valence-electron chi connectivity index (χ4n) is 5.15. The summed E-state index contributed by atoms with van der Waals surface area (Å²) in [6.07, 6.45) is -0.0433. The largest absolute Gasteiger partial charge is 0.416 e. The molecule has 0 bridgehead atoms. The van der Waals surface area contributed by atoms with Crippen molar-refractivity contribution < 1.29 is 18.0 Å². The zero-order valence-electron chi connectivity index (χ0n) is 20.4. The van der Waals surface area contributed by atoms with Crippen molar-refractivity contribution in [2.45, 2.75) is 31.5 Å². The van der Waals surface area contributed by atoms with E-state index >= 15 is 0 Å². The number of benzene rings is 3. The number of nitrogens with one attached hydrogen (secondary N) is 1. The highest BCUT2D eigenvalue weighted by Crippen LogP contribution is 2.40. The number of rotatable bonds is 4. The third-order valence-corrected chi connectivity index (χ3v) is 7.18. The Kier molecular flexibility index (Phi) is 5.55. The van der Waals surface area contributed by atoms with Gasteiger partial charge in [0.1, 0.15) is 5.82 Å². The number of aromatic amines is 1. The number of H-pyrrole nitrogens is 1. The van der Waals surface area contributed by atoms with Gasteiger partial charge in [0.25, 0.3) is 5.91 Å². The lowest BCUT2D eigenvalue weighted by molar-refractivity contribution is -0.137. The summed E-state index contributed by atoms with van der Waals surface area (Å²) in [5.74, 6) is 0.224. The molecule has 0 radical (unpaired) electrons. The van der Waals surface area contributed by atoms with E-state index in [4.69, 9.17) is 0 Å². The van der Waals surface area contributed by atoms with Gasteiger partial charge < -0.3 is 9.88 Å². The predicted octanol–water partition coefficient (Wildman–Crippen LogP) is 5.98. The lowest BCUT2D eigenvalue weighted by Crippen LogP contribution is -2.44. The molecule has 6 rings (SSSR count). The molecule has 7 nitrogen and oxygen atoms in total. The fourth-order valence-corrected chi connectivity index (χ4v) is 5.15. The average Bonchev–Trinajstić information content (AvgIpc) is 3.68. The summed E-state index contributed by atoms with van der Waals surface area (Å²) in [6, 6.07) is 18.8. The Morgan fingerprint density at radius 2 is 1.74 bits per heavy atom. The lowest BCUT2D eigenvalue weighted by Gasteiger charge is -2.34. The van der Waals surface area contributed by atoms with Crippen LogP contribution in [0.25, 0.3) is 27.8 Å². The zero-order chi connectivity index (χ0) is 26.5. The molecule has 2 aromatic heterocycles. The number of alkyl halides is 3. The van der Waals surface area contributed by atoms with E-state index in [9.17, 15) is 18.0 Å². The number of aromatic nitrogens is 5. The maximum absolute atomic E-state index is 14.2. The minimum absolute atomic E-state index is 0.211. The van der Waals surface area contributed by atoms with Crippen LogP contribution in [0.2, 0.25) is 0 Å². The Morgan fingerprint density at radius 3 is 2.47 bits per heavy atom. The van der Waals surface area contributed by atoms with Crippen LogP contribution < -0.4 is 0 Å². The van der Waals surface area contributed by atoms with Crippen LogP contribution >= 0.6 is 0 Å². The molecule has 5 aromatic rings. The highest BCUT2D eigenvalue weighted by Gasteiger charge is 2.44. The fraction of sp³-hybridized carbons (Fsp3) is 0.214. The maximum Gasteiger partial charge on any atom is 0.416 e. The van der Waals surface area contributed by atoms with E-state index in [0.717, 1.165) is 29.7 Å². The number of hydrogen-bond donors (Lipinski definition) is 1. The summed E-state index contributed by atoms with van der Waals surface area (Å²) < 4.78 is 39.8. The Hall–Kier alpha value is -4.47. The van der Waals surface area contributed by atoms with Crippen LogP contribution in [-0.2, 0) is 11.7 Å². The minimum atomic E-state index is -4.47. The number of likely N-dealkylation sites (tertiary alicyclic amines) is 1. The Bertz CT molecular complexity index is 1630. The van der Waals surface area contributed by atoms with Gasteiger partial charge >= 0.3 is 6.18 Å². The first-order valence-electron chi connectivity index (χ1n) is 12.2. The molecule has 1 aliphatic rings. The van der Waals surface area contributed by atoms with Crippen LogP contribution in [0.1, 0.15) is 41.5 Å². The summed E-state index contributed by atoms with van der Waals surface area (Å²) in [5.41, 5.74) is 1.88. The number of carbonyl (C=O) groups excluding carboxylic acids is 1. The third-order valence-electron chi connectivity index (χ3n) is 7.18. The van der Waals surface area contributed by atoms with Gasteiger partial charge in [0.05, 0.1) is 45.8 Å². The second-order valence-corrected chi connectivity index (χ2v) is 9.57. The van der Waals surface area contributed by atoms with Gasteiger partial charge in [-0.3, -0.25) is 4.79 Å². The zero-order valence-corrected chi connectivity index (χ0v) is 20.4. The van der Waals surface area contributed by atoms with E-state index in [1.165, 1.54) is 10.9 Å². The van der Waals surface area contributed by atoms with E-state index in [1.807, 2.05) is 55.5 Å². The molecule has 1 fully saturated rings. The molecule has 1 unspecified atom stereocenters. The highest BCUT2D eigenvalue weighted by atomic mass is 19.4. The van der Waals surface area contributed by atoms with Crippen molar-refractivity contribution in [3.8, 4) is 16.8 Å². The SMILES string of the molecule is CC1(c2nc3cc(C(F)(F)F)ccc3[nH]2)CCCN1C(=O)c1cc(-c2ccccc2)ccc1-n1nccn1. The molecule has 1 aliphatic heterocycles. The summed E-state index contributed by atoms with van der Waals surface area (Å²) in [6.45, 7) is 2.37. The summed E-state index contributed by atoms with van der Waals surface area (Å²) in [5, 5.41) is 8.47. The number of nitrogens with zero attached hydrogens (tertiary/aromatic N) is 5. The molecule has 192 valence electrons. The van der Waals surface area contributed by atoms with Gasteiger partial charge in [0, 0.05) is 6.54 Å². The van der Waals surface area contributed by atoms with Crippen LogP contribution in [0, 0.1) is 0 Å². The Balaban J connectivity index is 1.43. The monoisotopic (exact) mass is 516 g/mol. The third kappa shape index (κ3) is 4.02. The molecule has 0 aliphatic carbocycles. The normalized spacial score (nSPS) is 17.8. The molecule has 10 heteroatoms. The molecule has 1 N–H and O–H groups in total. The standard InChI is InChI=1S/C28H23F3N6O/c1-27(26-34-22-10-9-20(28(29,30)31)17-23(22)35-26)12-5-15-36(27)25(38)21-16-19(18-6-3-2-4-7-18)8-11-24(21)37-32-13-14-33-37/h2-4,6-11,13-14,16-17H,5,12,15H2,1H3,(H,34,35). The van der Waals surface area contributed by atoms with Crippen molar-refractivity contribution in [2.75, 3.05) is 6.54 Å². The number of imidazole rings is 1. The van der Waals surface area contributed by atoms with Crippen molar-refractivity contribution >= 4 is 16.9 Å². The van der Waals surface area contributed by atoms with Crippen LogP contribution in [0.5, 0.6) is 0 Å². The molecule has 0 spiro atoms. The lowest BCUT2D eigenvalue weighted by atomic mass is 9.96. The second kappa shape index (κ2) is 8.83. The van der Waals surface area contributed by atoms with Gasteiger partial charge in [-0.25, -0.2) is 4.98 Å². The molecular weight excluding hydrogens is 493 g/mol. The number of halogens is 3. The van der Waals surface area contributed by atoms with Crippen LogP contribution in [0.3, 0.4) is 0 Å². The van der Waals surface area contributed by atoms with E-state index in [0.29, 0.717) is 35.6 Å². The molecule has 1 saturated heterocycles. The Morgan fingerprint density at radius 1 is 0.974 bits per heavy atom. The summed E-state index contributed by atoms with van der Waals surface area (Å²) >= 11 is 0. The van der Waals surface area contributed by atoms with E-state index in [2.05, 4.69) is 20.2 Å². The first-order chi connectivity index (χ1) is 18.2. The van der Waals surface area contributed by atoms with Crippen molar-refractivity contribution in [2.24, 2.45) is 0 Å². The summed E-state index contributed by atoms with van der Waals surface area (Å²) in [4.78, 5) is 25.1. The molecule has 3 aromatic carbocycles. The predicted molar refractivity (Wildman–Crippen MR) is 136 cm³/mol. The molecule has 1 atom stereocenters. The van der Waals surface area contributed by atoms with E-state index < -0.39 is 17.3 Å². The molecule has 3 heterocycles. The average molecular weight is 517 g/mol. The van der Waals surface area contributed by atoms with Crippen molar-refractivity contribution in [3.63, 3.8) is 0 Å². The van der Waals surface area contributed by atoms with E-state index in [-0.39, 0.29) is 11.4 Å². The van der Waals surface area contributed by atoms with Crippen LogP contribution in [0.15, 0.2) is 79.1 Å². The quantitative estimate of drug-likeness (QED) is 0.319. The van der Waals surface area contributed by atoms with Gasteiger partial charge in [-0.15, -0.1) is 0 Å². The molecule has 38 heavy (non-hydrogen) atoms. The topological polar surface area (TPSA) is 79.7 Å². The van der Waals surface area contributed by atoms with Gasteiger partial charge in [-0.05, 0) is 61.2 Å². The smallest absolute Gasteiger partial charge is 0.340 e. The van der Waals surface area contributed by atoms with Gasteiger partial charge in [-0.2, -0.15) is 28.2 Å². The molecule has 0 saturated carbocycles. The number of carbonyl (C=O) groups is 1. The second-order valence-electron chi connectivity index (χ2n) is 9.57. The van der Waals surface area contributed by atoms with Crippen molar-refractivity contribution in [1.29, 1.82) is 0 Å². The van der Waals surface area contributed by atoms with Crippen LogP contribution in [-0.4, -0.2) is 42.3 Å². The summed E-state index contributed by atoms with van der Waals surface area (Å²) in [7, 11) is 0. The van der Waals surface area contributed by atoms with Crippen molar-refractivity contribution in [3.05, 3.63) is 96.1 Å².